The summed E-state index contributed by atoms with van der Waals surface area (Å²) in [6.45, 7) is 4.80. The number of sulfone groups is 1. The van der Waals surface area contributed by atoms with Crippen LogP contribution in [0.3, 0.4) is 0 Å². The SMILES string of the molecule is CCC1CCCCN1C(=O)c1cc(C)n(C2CCS(=O)(=O)C2)n1. The second-order valence-corrected chi connectivity index (χ2v) is 8.96. The lowest BCUT2D eigenvalue weighted by atomic mass is 9.99. The van der Waals surface area contributed by atoms with Gasteiger partial charge in [0.15, 0.2) is 15.5 Å². The number of amides is 1. The molecular weight excluding hydrogens is 314 g/mol. The quantitative estimate of drug-likeness (QED) is 0.844. The van der Waals surface area contributed by atoms with Crippen LogP contribution in [-0.4, -0.2) is 53.1 Å². The number of carbonyl (C=O) groups is 1. The van der Waals surface area contributed by atoms with Crippen LogP contribution in [-0.2, 0) is 9.84 Å². The first-order chi connectivity index (χ1) is 10.9. The average Bonchev–Trinajstić information content (AvgIpc) is 3.08. The Morgan fingerprint density at radius 1 is 1.35 bits per heavy atom. The molecule has 2 unspecified atom stereocenters. The van der Waals surface area contributed by atoms with Crippen molar-refractivity contribution in [1.82, 2.24) is 14.7 Å². The summed E-state index contributed by atoms with van der Waals surface area (Å²) in [5.41, 5.74) is 1.31. The lowest BCUT2D eigenvalue weighted by Crippen LogP contribution is -2.43. The summed E-state index contributed by atoms with van der Waals surface area (Å²) in [5, 5.41) is 4.46. The first-order valence-corrected chi connectivity index (χ1v) is 10.3. The number of hydrogen-bond acceptors (Lipinski definition) is 4. The topological polar surface area (TPSA) is 72.3 Å². The molecule has 6 nitrogen and oxygen atoms in total. The number of rotatable bonds is 3. The van der Waals surface area contributed by atoms with Gasteiger partial charge in [0.25, 0.3) is 5.91 Å². The van der Waals surface area contributed by atoms with Crippen LogP contribution in [0.25, 0.3) is 0 Å². The number of aromatic nitrogens is 2. The van der Waals surface area contributed by atoms with E-state index in [2.05, 4.69) is 12.0 Å². The van der Waals surface area contributed by atoms with Crippen molar-refractivity contribution in [3.63, 3.8) is 0 Å². The summed E-state index contributed by atoms with van der Waals surface area (Å²) in [6.07, 6.45) is 4.83. The number of piperidine rings is 1. The van der Waals surface area contributed by atoms with Crippen LogP contribution in [0.4, 0.5) is 0 Å². The van der Waals surface area contributed by atoms with Crippen LogP contribution < -0.4 is 0 Å². The van der Waals surface area contributed by atoms with Crippen molar-refractivity contribution in [2.45, 2.75) is 58.0 Å². The Kier molecular flexibility index (Phi) is 4.49. The lowest BCUT2D eigenvalue weighted by molar-refractivity contribution is 0.0600. The number of hydrogen-bond donors (Lipinski definition) is 0. The van der Waals surface area contributed by atoms with E-state index >= 15 is 0 Å². The lowest BCUT2D eigenvalue weighted by Gasteiger charge is -2.34. The summed E-state index contributed by atoms with van der Waals surface area (Å²) in [5.74, 6) is 0.327. The van der Waals surface area contributed by atoms with Gasteiger partial charge in [-0.1, -0.05) is 6.92 Å². The van der Waals surface area contributed by atoms with Crippen LogP contribution in [0.2, 0.25) is 0 Å². The predicted octanol–water partition coefficient (Wildman–Crippen LogP) is 1.96. The molecule has 2 saturated heterocycles. The van der Waals surface area contributed by atoms with Gasteiger partial charge >= 0.3 is 0 Å². The van der Waals surface area contributed by atoms with E-state index in [0.29, 0.717) is 18.2 Å². The van der Waals surface area contributed by atoms with Crippen LogP contribution >= 0.6 is 0 Å². The van der Waals surface area contributed by atoms with Gasteiger partial charge in [0.1, 0.15) is 0 Å². The highest BCUT2D eigenvalue weighted by atomic mass is 32.2. The molecule has 2 aliphatic heterocycles. The molecule has 1 aromatic heterocycles. The van der Waals surface area contributed by atoms with Crippen LogP contribution in [0.1, 0.15) is 61.3 Å². The molecule has 1 amide bonds. The first kappa shape index (κ1) is 16.5. The minimum Gasteiger partial charge on any atom is -0.334 e. The monoisotopic (exact) mass is 339 g/mol. The van der Waals surface area contributed by atoms with Crippen molar-refractivity contribution < 1.29 is 13.2 Å². The predicted molar refractivity (Wildman–Crippen MR) is 88.2 cm³/mol. The zero-order valence-corrected chi connectivity index (χ0v) is 14.7. The maximum absolute atomic E-state index is 12.8. The van der Waals surface area contributed by atoms with Crippen LogP contribution in [0.15, 0.2) is 6.07 Å². The molecule has 0 saturated carbocycles. The van der Waals surface area contributed by atoms with Crippen molar-refractivity contribution >= 4 is 15.7 Å². The molecule has 0 aliphatic carbocycles. The molecule has 0 aromatic carbocycles. The summed E-state index contributed by atoms with van der Waals surface area (Å²) in [6, 6.07) is 1.97. The summed E-state index contributed by atoms with van der Waals surface area (Å²) in [7, 11) is -2.96. The van der Waals surface area contributed by atoms with Crippen LogP contribution in [0, 0.1) is 6.92 Å². The van der Waals surface area contributed by atoms with Crippen molar-refractivity contribution in [3.8, 4) is 0 Å². The molecule has 2 atom stereocenters. The largest absolute Gasteiger partial charge is 0.334 e. The van der Waals surface area contributed by atoms with Gasteiger partial charge in [-0.15, -0.1) is 0 Å². The third kappa shape index (κ3) is 3.29. The summed E-state index contributed by atoms with van der Waals surface area (Å²) in [4.78, 5) is 14.8. The fourth-order valence-corrected chi connectivity index (χ4v) is 5.46. The molecule has 3 rings (SSSR count). The highest BCUT2D eigenvalue weighted by Crippen LogP contribution is 2.26. The van der Waals surface area contributed by atoms with Crippen molar-refractivity contribution in [3.05, 3.63) is 17.5 Å². The number of nitrogens with zero attached hydrogens (tertiary/aromatic N) is 3. The minimum atomic E-state index is -2.96. The molecule has 0 bridgehead atoms. The second kappa shape index (κ2) is 6.26. The Labute approximate surface area is 137 Å². The molecule has 0 spiro atoms. The van der Waals surface area contributed by atoms with E-state index in [4.69, 9.17) is 0 Å². The van der Waals surface area contributed by atoms with E-state index < -0.39 is 9.84 Å². The zero-order chi connectivity index (χ0) is 16.6. The number of aryl methyl sites for hydroxylation is 1. The smallest absolute Gasteiger partial charge is 0.274 e. The van der Waals surface area contributed by atoms with Gasteiger partial charge in [-0.25, -0.2) is 8.42 Å². The fraction of sp³-hybridized carbons (Fsp3) is 0.750. The fourth-order valence-electron chi connectivity index (χ4n) is 3.77. The molecule has 1 aromatic rings. The van der Waals surface area contributed by atoms with Gasteiger partial charge < -0.3 is 4.90 Å². The Morgan fingerprint density at radius 2 is 2.13 bits per heavy atom. The molecule has 2 fully saturated rings. The molecule has 0 radical (unpaired) electrons. The maximum Gasteiger partial charge on any atom is 0.274 e. The van der Waals surface area contributed by atoms with Gasteiger partial charge in [-0.2, -0.15) is 5.10 Å². The van der Waals surface area contributed by atoms with Crippen molar-refractivity contribution in [1.29, 1.82) is 0 Å². The Balaban J connectivity index is 1.81. The van der Waals surface area contributed by atoms with Crippen molar-refractivity contribution in [2.75, 3.05) is 18.1 Å². The minimum absolute atomic E-state index is 0.0146. The highest BCUT2D eigenvalue weighted by molar-refractivity contribution is 7.91. The third-order valence-electron chi connectivity index (χ3n) is 5.06. The van der Waals surface area contributed by atoms with Gasteiger partial charge in [-0.3, -0.25) is 9.48 Å². The van der Waals surface area contributed by atoms with Crippen LogP contribution in [0.5, 0.6) is 0 Å². The zero-order valence-electron chi connectivity index (χ0n) is 13.9. The summed E-state index contributed by atoms with van der Waals surface area (Å²) >= 11 is 0. The Bertz CT molecular complexity index is 695. The van der Waals surface area contributed by atoms with Gasteiger partial charge in [-0.05, 0) is 45.1 Å². The Morgan fingerprint density at radius 3 is 2.78 bits per heavy atom. The molecular formula is C16H25N3O3S. The molecule has 0 N–H and O–H groups in total. The van der Waals surface area contributed by atoms with Gasteiger partial charge in [0, 0.05) is 18.3 Å². The number of likely N-dealkylation sites (tertiary alicyclic amines) is 1. The second-order valence-electron chi connectivity index (χ2n) is 6.73. The molecule has 23 heavy (non-hydrogen) atoms. The van der Waals surface area contributed by atoms with E-state index in [1.165, 1.54) is 6.42 Å². The van der Waals surface area contributed by atoms with E-state index in [1.807, 2.05) is 11.8 Å². The van der Waals surface area contributed by atoms with E-state index in [1.54, 1.807) is 10.7 Å². The molecule has 128 valence electrons. The normalized spacial score (nSPS) is 27.3. The average molecular weight is 339 g/mol. The first-order valence-electron chi connectivity index (χ1n) is 8.49. The number of carbonyl (C=O) groups excluding carboxylic acids is 1. The van der Waals surface area contributed by atoms with Crippen molar-refractivity contribution in [2.24, 2.45) is 0 Å². The van der Waals surface area contributed by atoms with Gasteiger partial charge in [0.2, 0.25) is 0 Å². The third-order valence-corrected chi connectivity index (χ3v) is 6.81. The molecule has 7 heteroatoms. The van der Waals surface area contributed by atoms with Gasteiger partial charge in [0.05, 0.1) is 17.5 Å². The standard InChI is InChI=1S/C16H25N3O3S/c1-3-13-6-4-5-8-18(13)16(20)15-10-12(2)19(17-15)14-7-9-23(21,22)11-14/h10,13-14H,3-9,11H2,1-2H3. The maximum atomic E-state index is 12.8. The van der Waals surface area contributed by atoms with E-state index in [0.717, 1.165) is 31.5 Å². The van der Waals surface area contributed by atoms with E-state index in [-0.39, 0.29) is 23.5 Å². The summed E-state index contributed by atoms with van der Waals surface area (Å²) < 4.78 is 25.1. The molecule has 3 heterocycles. The molecule has 2 aliphatic rings. The van der Waals surface area contributed by atoms with E-state index in [9.17, 15) is 13.2 Å². The highest BCUT2D eigenvalue weighted by Gasteiger charge is 2.32. The Hall–Kier alpha value is -1.37.